The minimum Gasteiger partial charge on any atom is -0.497 e. The Morgan fingerprint density at radius 1 is 1.35 bits per heavy atom. The number of carbonyl (C=O) groups is 1. The monoisotopic (exact) mass is 232 g/mol. The number of esters is 1. The van der Waals surface area contributed by atoms with Crippen molar-refractivity contribution in [2.75, 3.05) is 20.0 Å². The fourth-order valence-corrected chi connectivity index (χ4v) is 1.65. The summed E-state index contributed by atoms with van der Waals surface area (Å²) in [6, 6.07) is 5.22. The van der Waals surface area contributed by atoms with Crippen LogP contribution >= 0.6 is 0 Å². The van der Waals surface area contributed by atoms with E-state index in [-0.39, 0.29) is 0 Å². The first-order chi connectivity index (χ1) is 8.17. The molecule has 1 aromatic carbocycles. The normalized spacial score (nSPS) is 10.2. The molecule has 0 aliphatic carbocycles. The minimum atomic E-state index is -0.472. The molecular weight excluding hydrogens is 220 g/mol. The number of carbonyl (C=O) groups excluding carboxylic acids is 1. The molecular formula is C12H12N2O3. The van der Waals surface area contributed by atoms with Gasteiger partial charge in [0.2, 0.25) is 0 Å². The van der Waals surface area contributed by atoms with Gasteiger partial charge in [-0.3, -0.25) is 4.98 Å². The van der Waals surface area contributed by atoms with Gasteiger partial charge in [0.15, 0.2) is 0 Å². The van der Waals surface area contributed by atoms with E-state index in [0.717, 1.165) is 0 Å². The van der Waals surface area contributed by atoms with E-state index in [4.69, 9.17) is 15.2 Å². The Balaban J connectivity index is 2.73. The number of pyridine rings is 1. The summed E-state index contributed by atoms with van der Waals surface area (Å²) in [6.45, 7) is 0. The number of ether oxygens (including phenoxy) is 2. The van der Waals surface area contributed by atoms with Crippen molar-refractivity contribution < 1.29 is 14.3 Å². The molecule has 0 spiro atoms. The zero-order valence-corrected chi connectivity index (χ0v) is 9.56. The van der Waals surface area contributed by atoms with Crippen LogP contribution in [-0.4, -0.2) is 25.2 Å². The summed E-state index contributed by atoms with van der Waals surface area (Å²) in [5.74, 6) is 0.200. The molecule has 0 saturated carbocycles. The Bertz CT molecular complexity index is 581. The molecule has 0 saturated heterocycles. The number of hydrogen-bond acceptors (Lipinski definition) is 5. The van der Waals surface area contributed by atoms with Crippen molar-refractivity contribution in [1.29, 1.82) is 0 Å². The highest BCUT2D eigenvalue weighted by atomic mass is 16.5. The fourth-order valence-electron chi connectivity index (χ4n) is 1.65. The molecule has 5 nitrogen and oxygen atoms in total. The number of nitrogens with two attached hydrogens (primary N) is 1. The maximum atomic E-state index is 11.6. The Labute approximate surface area is 98.2 Å². The summed E-state index contributed by atoms with van der Waals surface area (Å²) in [5.41, 5.74) is 7.01. The highest BCUT2D eigenvalue weighted by Gasteiger charge is 2.15. The van der Waals surface area contributed by atoms with Crippen molar-refractivity contribution in [2.45, 2.75) is 0 Å². The fraction of sp³-hybridized carbons (Fsp3) is 0.167. The smallest absolute Gasteiger partial charge is 0.340 e. The van der Waals surface area contributed by atoms with E-state index in [9.17, 15) is 4.79 Å². The van der Waals surface area contributed by atoms with Gasteiger partial charge in [-0.25, -0.2) is 4.79 Å². The number of rotatable bonds is 2. The van der Waals surface area contributed by atoms with Gasteiger partial charge in [-0.15, -0.1) is 0 Å². The second kappa shape index (κ2) is 4.29. The zero-order valence-electron chi connectivity index (χ0n) is 9.56. The molecule has 1 aromatic heterocycles. The minimum absolute atomic E-state index is 0.300. The first-order valence-corrected chi connectivity index (χ1v) is 4.98. The molecule has 0 radical (unpaired) electrons. The molecule has 0 bridgehead atoms. The molecule has 0 fully saturated rings. The predicted molar refractivity (Wildman–Crippen MR) is 64.0 cm³/mol. The molecule has 2 N–H and O–H groups in total. The zero-order chi connectivity index (χ0) is 12.4. The van der Waals surface area contributed by atoms with Crippen LogP contribution in [0.15, 0.2) is 24.4 Å². The summed E-state index contributed by atoms with van der Waals surface area (Å²) >= 11 is 0. The third-order valence-electron chi connectivity index (χ3n) is 2.50. The van der Waals surface area contributed by atoms with Crippen molar-refractivity contribution in [3.05, 3.63) is 30.0 Å². The highest BCUT2D eigenvalue weighted by Crippen LogP contribution is 2.26. The largest absolute Gasteiger partial charge is 0.497 e. The molecule has 0 aliphatic heterocycles. The van der Waals surface area contributed by atoms with Gasteiger partial charge >= 0.3 is 5.97 Å². The molecule has 88 valence electrons. The maximum absolute atomic E-state index is 11.6. The number of nitrogens with zero attached hydrogens (tertiary/aromatic N) is 1. The Hall–Kier alpha value is -2.30. The van der Waals surface area contributed by atoms with Crippen molar-refractivity contribution >= 4 is 22.6 Å². The first kappa shape index (κ1) is 11.2. The average Bonchev–Trinajstić information content (AvgIpc) is 2.37. The number of hydrogen-bond donors (Lipinski definition) is 1. The molecule has 1 heterocycles. The molecule has 0 amide bonds. The van der Waals surface area contributed by atoms with Crippen LogP contribution in [0, 0.1) is 0 Å². The summed E-state index contributed by atoms with van der Waals surface area (Å²) < 4.78 is 9.80. The quantitative estimate of drug-likeness (QED) is 0.796. The van der Waals surface area contributed by atoms with E-state index >= 15 is 0 Å². The van der Waals surface area contributed by atoms with Crippen molar-refractivity contribution in [3.63, 3.8) is 0 Å². The van der Waals surface area contributed by atoms with Gasteiger partial charge in [-0.1, -0.05) is 0 Å². The van der Waals surface area contributed by atoms with Gasteiger partial charge < -0.3 is 15.2 Å². The van der Waals surface area contributed by atoms with E-state index in [2.05, 4.69) is 4.98 Å². The van der Waals surface area contributed by atoms with Gasteiger partial charge in [0, 0.05) is 11.5 Å². The number of nitrogen functional groups attached to an aromatic ring is 1. The summed E-state index contributed by atoms with van der Waals surface area (Å²) in [4.78, 5) is 15.8. The van der Waals surface area contributed by atoms with E-state index in [1.807, 2.05) is 0 Å². The topological polar surface area (TPSA) is 74.4 Å². The highest BCUT2D eigenvalue weighted by molar-refractivity contribution is 6.07. The third kappa shape index (κ3) is 1.87. The van der Waals surface area contributed by atoms with Crippen LogP contribution in [0.3, 0.4) is 0 Å². The lowest BCUT2D eigenvalue weighted by Gasteiger charge is -2.08. The lowest BCUT2D eigenvalue weighted by molar-refractivity contribution is 0.0604. The Kier molecular flexibility index (Phi) is 2.82. The van der Waals surface area contributed by atoms with Crippen LogP contribution in [0.4, 0.5) is 5.69 Å². The van der Waals surface area contributed by atoms with Crippen molar-refractivity contribution in [2.24, 2.45) is 0 Å². The number of aromatic nitrogens is 1. The van der Waals surface area contributed by atoms with E-state index in [0.29, 0.717) is 27.9 Å². The third-order valence-corrected chi connectivity index (χ3v) is 2.50. The van der Waals surface area contributed by atoms with Crippen molar-refractivity contribution in [3.8, 4) is 5.75 Å². The maximum Gasteiger partial charge on any atom is 0.340 e. The molecule has 2 rings (SSSR count). The first-order valence-electron chi connectivity index (χ1n) is 4.98. The average molecular weight is 232 g/mol. The second-order valence-electron chi connectivity index (χ2n) is 3.46. The van der Waals surface area contributed by atoms with Crippen LogP contribution in [0.1, 0.15) is 10.4 Å². The van der Waals surface area contributed by atoms with E-state index in [1.165, 1.54) is 13.3 Å². The lowest BCUT2D eigenvalue weighted by atomic mass is 10.1. The summed E-state index contributed by atoms with van der Waals surface area (Å²) in [7, 11) is 2.89. The van der Waals surface area contributed by atoms with Gasteiger partial charge in [0.1, 0.15) is 5.75 Å². The number of fused-ring (bicyclic) bond motifs is 1. The van der Waals surface area contributed by atoms with Crippen LogP contribution in [0.2, 0.25) is 0 Å². The van der Waals surface area contributed by atoms with E-state index in [1.54, 1.807) is 25.3 Å². The molecule has 0 unspecified atom stereocenters. The van der Waals surface area contributed by atoms with Gasteiger partial charge in [0.25, 0.3) is 0 Å². The summed E-state index contributed by atoms with van der Waals surface area (Å²) in [6.07, 6.45) is 1.44. The number of anilines is 1. The Morgan fingerprint density at radius 2 is 2.12 bits per heavy atom. The van der Waals surface area contributed by atoms with E-state index < -0.39 is 5.97 Å². The predicted octanol–water partition coefficient (Wildman–Crippen LogP) is 1.61. The van der Waals surface area contributed by atoms with Crippen LogP contribution < -0.4 is 10.5 Å². The standard InChI is InChI=1S/C12H12N2O3/c1-16-7-3-4-8-10(5-7)14-6-9(13)11(8)12(15)17-2/h3-6H,13H2,1-2H3. The van der Waals surface area contributed by atoms with Gasteiger partial charge in [-0.05, 0) is 12.1 Å². The molecule has 17 heavy (non-hydrogen) atoms. The molecule has 2 aromatic rings. The van der Waals surface area contributed by atoms with Crippen molar-refractivity contribution in [1.82, 2.24) is 4.98 Å². The molecule has 0 aliphatic rings. The van der Waals surface area contributed by atoms with Crippen LogP contribution in [-0.2, 0) is 4.74 Å². The molecule has 5 heteroatoms. The van der Waals surface area contributed by atoms with Crippen LogP contribution in [0.5, 0.6) is 5.75 Å². The Morgan fingerprint density at radius 3 is 2.76 bits per heavy atom. The van der Waals surface area contributed by atoms with Gasteiger partial charge in [0.05, 0.1) is 37.2 Å². The van der Waals surface area contributed by atoms with Crippen LogP contribution in [0.25, 0.3) is 10.9 Å². The molecule has 0 atom stereocenters. The summed E-state index contributed by atoms with van der Waals surface area (Å²) in [5, 5.41) is 0.651. The second-order valence-corrected chi connectivity index (χ2v) is 3.46. The number of methoxy groups -OCH3 is 2. The number of benzene rings is 1. The SMILES string of the molecule is COC(=O)c1c(N)cnc2cc(OC)ccc12. The van der Waals surface area contributed by atoms with Gasteiger partial charge in [-0.2, -0.15) is 0 Å². The lowest BCUT2D eigenvalue weighted by Crippen LogP contribution is -2.07.